The second-order valence-electron chi connectivity index (χ2n) is 7.40. The van der Waals surface area contributed by atoms with Crippen LogP contribution in [0.3, 0.4) is 0 Å². The molecule has 0 saturated carbocycles. The summed E-state index contributed by atoms with van der Waals surface area (Å²) in [4.78, 5) is 30.6. The third-order valence-corrected chi connectivity index (χ3v) is 5.41. The Balaban J connectivity index is 1.36. The molecule has 6 nitrogen and oxygen atoms in total. The van der Waals surface area contributed by atoms with Gasteiger partial charge >= 0.3 is 0 Å². The van der Waals surface area contributed by atoms with Crippen molar-refractivity contribution in [2.45, 2.75) is 26.3 Å². The summed E-state index contributed by atoms with van der Waals surface area (Å²) in [5.41, 5.74) is 3.06. The molecule has 1 aliphatic heterocycles. The van der Waals surface area contributed by atoms with E-state index in [-0.39, 0.29) is 24.8 Å². The van der Waals surface area contributed by atoms with E-state index >= 15 is 0 Å². The molecule has 2 amide bonds. The van der Waals surface area contributed by atoms with E-state index in [0.717, 1.165) is 12.1 Å². The lowest BCUT2D eigenvalue weighted by atomic mass is 10.1. The van der Waals surface area contributed by atoms with Crippen LogP contribution in [0.15, 0.2) is 61.2 Å². The molecule has 1 aromatic heterocycles. The highest BCUT2D eigenvalue weighted by Gasteiger charge is 2.34. The molecule has 1 saturated heterocycles. The van der Waals surface area contributed by atoms with Crippen LogP contribution >= 0.6 is 0 Å². The van der Waals surface area contributed by atoms with E-state index in [0.29, 0.717) is 17.8 Å². The maximum atomic E-state index is 14.4. The van der Waals surface area contributed by atoms with E-state index in [1.807, 2.05) is 24.3 Å². The van der Waals surface area contributed by atoms with Crippen molar-refractivity contribution in [2.24, 2.45) is 5.92 Å². The number of carbonyl (C=O) groups is 2. The van der Waals surface area contributed by atoms with E-state index in [2.05, 4.69) is 17.2 Å². The summed E-state index contributed by atoms with van der Waals surface area (Å²) in [6.45, 7) is 2.63. The van der Waals surface area contributed by atoms with Gasteiger partial charge in [0.25, 0.3) is 0 Å². The molecule has 4 rings (SSSR count). The van der Waals surface area contributed by atoms with Gasteiger partial charge in [-0.05, 0) is 41.8 Å². The predicted molar refractivity (Wildman–Crippen MR) is 112 cm³/mol. The molecular weight excluding hydrogens is 383 g/mol. The minimum atomic E-state index is -0.418. The third kappa shape index (κ3) is 4.10. The van der Waals surface area contributed by atoms with Crippen LogP contribution in [0.25, 0.3) is 5.69 Å². The maximum Gasteiger partial charge on any atom is 0.227 e. The standard InChI is InChI=1S/C23H23FN4O2/c1-2-16-3-6-19(7-4-16)28-14-18(12-22(28)29)23(30)26-13-17-5-8-21(20(24)11-17)27-10-9-25-15-27/h3-11,15,18H,2,12-14H2,1H3,(H,26,30). The number of amides is 2. The summed E-state index contributed by atoms with van der Waals surface area (Å²) < 4.78 is 16.0. The van der Waals surface area contributed by atoms with Gasteiger partial charge in [0.1, 0.15) is 5.82 Å². The zero-order valence-electron chi connectivity index (χ0n) is 16.7. The van der Waals surface area contributed by atoms with Gasteiger partial charge in [0, 0.05) is 37.6 Å². The second kappa shape index (κ2) is 8.49. The number of hydrogen-bond acceptors (Lipinski definition) is 3. The first-order chi connectivity index (χ1) is 14.5. The smallest absolute Gasteiger partial charge is 0.227 e. The minimum Gasteiger partial charge on any atom is -0.352 e. The highest BCUT2D eigenvalue weighted by Crippen LogP contribution is 2.26. The first-order valence-corrected chi connectivity index (χ1v) is 9.99. The van der Waals surface area contributed by atoms with E-state index in [1.54, 1.807) is 34.0 Å². The molecule has 1 aliphatic rings. The van der Waals surface area contributed by atoms with E-state index in [4.69, 9.17) is 0 Å². The number of anilines is 1. The maximum absolute atomic E-state index is 14.4. The van der Waals surface area contributed by atoms with Crippen molar-refractivity contribution in [3.05, 3.63) is 78.1 Å². The normalized spacial score (nSPS) is 16.1. The average Bonchev–Trinajstić information content (AvgIpc) is 3.42. The van der Waals surface area contributed by atoms with Gasteiger partial charge in [0.05, 0.1) is 17.9 Å². The van der Waals surface area contributed by atoms with Crippen molar-refractivity contribution in [1.82, 2.24) is 14.9 Å². The van der Waals surface area contributed by atoms with Crippen molar-refractivity contribution in [3.8, 4) is 5.69 Å². The summed E-state index contributed by atoms with van der Waals surface area (Å²) in [5.74, 6) is -1.07. The number of rotatable bonds is 6. The molecule has 154 valence electrons. The Hall–Kier alpha value is -3.48. The van der Waals surface area contributed by atoms with Gasteiger partial charge in [-0.25, -0.2) is 9.37 Å². The van der Waals surface area contributed by atoms with Crippen LogP contribution in [0.2, 0.25) is 0 Å². The molecule has 1 fully saturated rings. The van der Waals surface area contributed by atoms with Gasteiger partial charge in [0.15, 0.2) is 0 Å². The lowest BCUT2D eigenvalue weighted by Crippen LogP contribution is -2.32. The number of nitrogens with zero attached hydrogens (tertiary/aromatic N) is 3. The molecule has 7 heteroatoms. The summed E-state index contributed by atoms with van der Waals surface area (Å²) in [6, 6.07) is 12.6. The number of nitrogens with one attached hydrogen (secondary N) is 1. The Morgan fingerprint density at radius 3 is 2.63 bits per heavy atom. The van der Waals surface area contributed by atoms with Gasteiger partial charge < -0.3 is 14.8 Å². The van der Waals surface area contributed by atoms with Crippen molar-refractivity contribution >= 4 is 17.5 Å². The Morgan fingerprint density at radius 2 is 1.97 bits per heavy atom. The van der Waals surface area contributed by atoms with Gasteiger partial charge in [-0.2, -0.15) is 0 Å². The second-order valence-corrected chi connectivity index (χ2v) is 7.40. The topological polar surface area (TPSA) is 67.2 Å². The fourth-order valence-corrected chi connectivity index (χ4v) is 3.65. The average molecular weight is 406 g/mol. The lowest BCUT2D eigenvalue weighted by Gasteiger charge is -2.17. The minimum absolute atomic E-state index is 0.0601. The van der Waals surface area contributed by atoms with Gasteiger partial charge in [-0.1, -0.05) is 25.1 Å². The van der Waals surface area contributed by atoms with Gasteiger partial charge in [-0.3, -0.25) is 9.59 Å². The number of benzene rings is 2. The third-order valence-electron chi connectivity index (χ3n) is 5.41. The molecule has 1 unspecified atom stereocenters. The molecule has 0 radical (unpaired) electrons. The fourth-order valence-electron chi connectivity index (χ4n) is 3.65. The summed E-state index contributed by atoms with van der Waals surface area (Å²) in [6.07, 6.45) is 5.88. The Kier molecular flexibility index (Phi) is 5.61. The number of carbonyl (C=O) groups excluding carboxylic acids is 2. The molecule has 1 atom stereocenters. The highest BCUT2D eigenvalue weighted by atomic mass is 19.1. The molecule has 0 bridgehead atoms. The molecule has 1 N–H and O–H groups in total. The fraction of sp³-hybridized carbons (Fsp3) is 0.261. The van der Waals surface area contributed by atoms with Crippen LogP contribution < -0.4 is 10.2 Å². The monoisotopic (exact) mass is 406 g/mol. The molecule has 0 aliphatic carbocycles. The quantitative estimate of drug-likeness (QED) is 0.683. The summed E-state index contributed by atoms with van der Waals surface area (Å²) in [7, 11) is 0. The number of hydrogen-bond donors (Lipinski definition) is 1. The molecule has 3 aromatic rings. The van der Waals surface area contributed by atoms with Gasteiger partial charge in [-0.15, -0.1) is 0 Å². The van der Waals surface area contributed by atoms with Crippen molar-refractivity contribution in [1.29, 1.82) is 0 Å². The number of halogens is 1. The SMILES string of the molecule is CCc1ccc(N2CC(C(=O)NCc3ccc(-n4ccnc4)c(F)c3)CC2=O)cc1. The van der Waals surface area contributed by atoms with Crippen molar-refractivity contribution in [3.63, 3.8) is 0 Å². The first kappa shape index (κ1) is 19.8. The van der Waals surface area contributed by atoms with Gasteiger partial charge in [0.2, 0.25) is 11.8 Å². The number of aromatic nitrogens is 2. The van der Waals surface area contributed by atoms with E-state index in [9.17, 15) is 14.0 Å². The predicted octanol–water partition coefficient (Wildman–Crippen LogP) is 3.24. The van der Waals surface area contributed by atoms with Crippen LogP contribution in [0, 0.1) is 11.7 Å². The highest BCUT2D eigenvalue weighted by molar-refractivity contribution is 6.00. The van der Waals surface area contributed by atoms with Crippen LogP contribution in [-0.4, -0.2) is 27.9 Å². The Bertz CT molecular complexity index is 1050. The largest absolute Gasteiger partial charge is 0.352 e. The Morgan fingerprint density at radius 1 is 1.20 bits per heavy atom. The number of aryl methyl sites for hydroxylation is 1. The zero-order valence-corrected chi connectivity index (χ0v) is 16.7. The first-order valence-electron chi connectivity index (χ1n) is 9.99. The van der Waals surface area contributed by atoms with Crippen LogP contribution in [0.4, 0.5) is 10.1 Å². The van der Waals surface area contributed by atoms with Crippen LogP contribution in [-0.2, 0) is 22.6 Å². The molecule has 30 heavy (non-hydrogen) atoms. The van der Waals surface area contributed by atoms with Crippen LogP contribution in [0.1, 0.15) is 24.5 Å². The molecule has 2 aromatic carbocycles. The summed E-state index contributed by atoms with van der Waals surface area (Å²) >= 11 is 0. The lowest BCUT2D eigenvalue weighted by molar-refractivity contribution is -0.126. The van der Waals surface area contributed by atoms with E-state index in [1.165, 1.54) is 18.0 Å². The van der Waals surface area contributed by atoms with Crippen LogP contribution in [0.5, 0.6) is 0 Å². The number of imidazole rings is 1. The summed E-state index contributed by atoms with van der Waals surface area (Å²) in [5, 5.41) is 2.83. The van der Waals surface area contributed by atoms with Crippen molar-refractivity contribution < 1.29 is 14.0 Å². The molecule has 0 spiro atoms. The van der Waals surface area contributed by atoms with E-state index < -0.39 is 11.7 Å². The zero-order chi connectivity index (χ0) is 21.1. The molecule has 2 heterocycles. The Labute approximate surface area is 174 Å². The van der Waals surface area contributed by atoms with Crippen molar-refractivity contribution in [2.75, 3.05) is 11.4 Å². The molecular formula is C23H23FN4O2.